The third-order valence-corrected chi connectivity index (χ3v) is 2.30. The summed E-state index contributed by atoms with van der Waals surface area (Å²) < 4.78 is 17.7. The molecule has 0 atom stereocenters. The molecule has 0 unspecified atom stereocenters. The Morgan fingerprint density at radius 1 is 1.47 bits per heavy atom. The Balaban J connectivity index is 2.14. The summed E-state index contributed by atoms with van der Waals surface area (Å²) in [5, 5.41) is 2.62. The van der Waals surface area contributed by atoms with Crippen LogP contribution in [0.4, 0.5) is 10.1 Å². The van der Waals surface area contributed by atoms with Crippen LogP contribution in [0.1, 0.15) is 23.0 Å². The van der Waals surface area contributed by atoms with Crippen LogP contribution in [0.15, 0.2) is 35.1 Å². The van der Waals surface area contributed by atoms with Crippen molar-refractivity contribution in [2.75, 3.05) is 5.32 Å². The van der Waals surface area contributed by atoms with Crippen LogP contribution in [0.3, 0.4) is 0 Å². The van der Waals surface area contributed by atoms with Gasteiger partial charge in [0.1, 0.15) is 5.76 Å². The zero-order valence-corrected chi connectivity index (χ0v) is 9.24. The molecule has 0 aromatic carbocycles. The number of halogens is 1. The molecule has 1 amide bonds. The number of carbonyl (C=O) groups is 1. The van der Waals surface area contributed by atoms with Crippen LogP contribution in [-0.2, 0) is 6.42 Å². The number of rotatable bonds is 3. The molecule has 0 fully saturated rings. The summed E-state index contributed by atoms with van der Waals surface area (Å²) in [6, 6.07) is 4.24. The molecule has 2 aromatic heterocycles. The highest BCUT2D eigenvalue weighted by atomic mass is 19.1. The van der Waals surface area contributed by atoms with Crippen LogP contribution in [0.5, 0.6) is 0 Å². The molecule has 0 aliphatic carbocycles. The minimum Gasteiger partial charge on any atom is -0.469 e. The van der Waals surface area contributed by atoms with Crippen molar-refractivity contribution in [2.24, 2.45) is 0 Å². The summed E-state index contributed by atoms with van der Waals surface area (Å²) in [4.78, 5) is 15.3. The molecule has 0 radical (unpaired) electrons. The highest BCUT2D eigenvalue weighted by molar-refractivity contribution is 6.04. The van der Waals surface area contributed by atoms with E-state index in [1.54, 1.807) is 6.07 Å². The van der Waals surface area contributed by atoms with Gasteiger partial charge in [0.25, 0.3) is 5.91 Å². The summed E-state index contributed by atoms with van der Waals surface area (Å²) in [6.45, 7) is 1.90. The fraction of sp³-hybridized carbons (Fsp3) is 0.167. The van der Waals surface area contributed by atoms with Gasteiger partial charge >= 0.3 is 0 Å². The van der Waals surface area contributed by atoms with Gasteiger partial charge in [0.15, 0.2) is 0 Å². The first-order chi connectivity index (χ1) is 8.20. The van der Waals surface area contributed by atoms with E-state index in [0.29, 0.717) is 23.4 Å². The molecule has 5 heteroatoms. The van der Waals surface area contributed by atoms with Crippen molar-refractivity contribution in [2.45, 2.75) is 13.3 Å². The average Bonchev–Trinajstić information content (AvgIpc) is 2.80. The standard InChI is InChI=1S/C12H11FN2O2/c1-2-10-9(5-6-17-10)12(16)15-8-3-4-11(13)14-7-8/h3-7H,2H2,1H3,(H,15,16). The average molecular weight is 234 g/mol. The monoisotopic (exact) mass is 234 g/mol. The number of furan rings is 1. The Bertz CT molecular complexity index is 520. The highest BCUT2D eigenvalue weighted by Gasteiger charge is 2.13. The van der Waals surface area contributed by atoms with Crippen LogP contribution in [0, 0.1) is 5.95 Å². The van der Waals surface area contributed by atoms with Gasteiger partial charge in [0.2, 0.25) is 5.95 Å². The van der Waals surface area contributed by atoms with Gasteiger partial charge in [-0.2, -0.15) is 4.39 Å². The number of hydrogen-bond acceptors (Lipinski definition) is 3. The molecular formula is C12H11FN2O2. The first-order valence-corrected chi connectivity index (χ1v) is 5.20. The smallest absolute Gasteiger partial charge is 0.259 e. The molecule has 0 spiro atoms. The third-order valence-electron chi connectivity index (χ3n) is 2.30. The zero-order valence-electron chi connectivity index (χ0n) is 9.24. The second kappa shape index (κ2) is 4.78. The van der Waals surface area contributed by atoms with Crippen molar-refractivity contribution in [3.63, 3.8) is 0 Å². The SMILES string of the molecule is CCc1occc1C(=O)Nc1ccc(F)nc1. The normalized spacial score (nSPS) is 10.2. The number of carbonyl (C=O) groups excluding carboxylic acids is 1. The van der Waals surface area contributed by atoms with E-state index in [-0.39, 0.29) is 5.91 Å². The van der Waals surface area contributed by atoms with Crippen molar-refractivity contribution >= 4 is 11.6 Å². The summed E-state index contributed by atoms with van der Waals surface area (Å²) in [7, 11) is 0. The van der Waals surface area contributed by atoms with Crippen LogP contribution in [0.2, 0.25) is 0 Å². The summed E-state index contributed by atoms with van der Waals surface area (Å²) in [5.41, 5.74) is 0.927. The first-order valence-electron chi connectivity index (χ1n) is 5.20. The Kier molecular flexibility index (Phi) is 3.18. The maximum absolute atomic E-state index is 12.6. The summed E-state index contributed by atoms with van der Waals surface area (Å²) >= 11 is 0. The molecule has 0 aliphatic heterocycles. The molecule has 1 N–H and O–H groups in total. The summed E-state index contributed by atoms with van der Waals surface area (Å²) in [5.74, 6) is -0.248. The Morgan fingerprint density at radius 2 is 2.29 bits per heavy atom. The van der Waals surface area contributed by atoms with Gasteiger partial charge in [-0.05, 0) is 18.2 Å². The molecule has 17 heavy (non-hydrogen) atoms. The second-order valence-corrected chi connectivity index (χ2v) is 3.43. The maximum Gasteiger partial charge on any atom is 0.259 e. The number of anilines is 1. The quantitative estimate of drug-likeness (QED) is 0.830. The van der Waals surface area contributed by atoms with Gasteiger partial charge in [-0.1, -0.05) is 6.92 Å². The van der Waals surface area contributed by atoms with Gasteiger partial charge in [0.05, 0.1) is 23.7 Å². The summed E-state index contributed by atoms with van der Waals surface area (Å²) in [6.07, 6.45) is 3.37. The van der Waals surface area contributed by atoms with Gasteiger partial charge in [0, 0.05) is 6.42 Å². The number of pyridine rings is 1. The molecule has 2 heterocycles. The minimum atomic E-state index is -0.583. The molecule has 2 aromatic rings. The molecular weight excluding hydrogens is 223 g/mol. The zero-order chi connectivity index (χ0) is 12.3. The number of nitrogens with one attached hydrogen (secondary N) is 1. The lowest BCUT2D eigenvalue weighted by molar-refractivity contribution is 0.102. The van der Waals surface area contributed by atoms with E-state index in [1.165, 1.54) is 24.6 Å². The third kappa shape index (κ3) is 2.50. The predicted molar refractivity (Wildman–Crippen MR) is 60.2 cm³/mol. The molecule has 0 aliphatic rings. The van der Waals surface area contributed by atoms with Gasteiger partial charge in [-0.3, -0.25) is 4.79 Å². The lowest BCUT2D eigenvalue weighted by Gasteiger charge is -2.03. The van der Waals surface area contributed by atoms with E-state index < -0.39 is 5.95 Å². The van der Waals surface area contributed by atoms with E-state index in [0.717, 1.165) is 0 Å². The predicted octanol–water partition coefficient (Wildman–Crippen LogP) is 2.63. The number of hydrogen-bond donors (Lipinski definition) is 1. The van der Waals surface area contributed by atoms with E-state index >= 15 is 0 Å². The molecule has 88 valence electrons. The van der Waals surface area contributed by atoms with Crippen molar-refractivity contribution < 1.29 is 13.6 Å². The fourth-order valence-corrected chi connectivity index (χ4v) is 1.46. The maximum atomic E-state index is 12.6. The van der Waals surface area contributed by atoms with Crippen LogP contribution >= 0.6 is 0 Å². The topological polar surface area (TPSA) is 55.1 Å². The largest absolute Gasteiger partial charge is 0.469 e. The van der Waals surface area contributed by atoms with Crippen LogP contribution < -0.4 is 5.32 Å². The van der Waals surface area contributed by atoms with Gasteiger partial charge in [-0.25, -0.2) is 4.98 Å². The van der Waals surface area contributed by atoms with Crippen molar-refractivity contribution in [1.82, 2.24) is 4.98 Å². The van der Waals surface area contributed by atoms with Crippen molar-refractivity contribution in [3.05, 3.63) is 47.9 Å². The van der Waals surface area contributed by atoms with E-state index in [2.05, 4.69) is 10.3 Å². The fourth-order valence-electron chi connectivity index (χ4n) is 1.46. The van der Waals surface area contributed by atoms with Gasteiger partial charge in [-0.15, -0.1) is 0 Å². The van der Waals surface area contributed by atoms with E-state index in [4.69, 9.17) is 4.42 Å². The van der Waals surface area contributed by atoms with Crippen LogP contribution in [-0.4, -0.2) is 10.9 Å². The highest BCUT2D eigenvalue weighted by Crippen LogP contribution is 2.14. The molecule has 0 saturated heterocycles. The molecule has 4 nitrogen and oxygen atoms in total. The lowest BCUT2D eigenvalue weighted by atomic mass is 10.2. The first kappa shape index (κ1) is 11.3. The van der Waals surface area contributed by atoms with Crippen molar-refractivity contribution in [1.29, 1.82) is 0 Å². The number of nitrogens with zero attached hydrogens (tertiary/aromatic N) is 1. The minimum absolute atomic E-state index is 0.288. The Labute approximate surface area is 97.5 Å². The lowest BCUT2D eigenvalue weighted by Crippen LogP contribution is -2.12. The molecule has 0 bridgehead atoms. The number of aromatic nitrogens is 1. The Morgan fingerprint density at radius 3 is 2.94 bits per heavy atom. The molecule has 2 rings (SSSR count). The number of amides is 1. The van der Waals surface area contributed by atoms with E-state index in [9.17, 15) is 9.18 Å². The van der Waals surface area contributed by atoms with Gasteiger partial charge < -0.3 is 9.73 Å². The number of aryl methyl sites for hydroxylation is 1. The Hall–Kier alpha value is -2.17. The second-order valence-electron chi connectivity index (χ2n) is 3.43. The molecule has 0 saturated carbocycles. The van der Waals surface area contributed by atoms with E-state index in [1.807, 2.05) is 6.92 Å². The van der Waals surface area contributed by atoms with Crippen LogP contribution in [0.25, 0.3) is 0 Å². The van der Waals surface area contributed by atoms with Crippen molar-refractivity contribution in [3.8, 4) is 0 Å².